The lowest BCUT2D eigenvalue weighted by molar-refractivity contribution is 0.174. The maximum Gasteiger partial charge on any atom is 0.282 e. The van der Waals surface area contributed by atoms with Crippen LogP contribution >= 0.6 is 0 Å². The molecule has 0 spiro atoms. The first kappa shape index (κ1) is 66.8. The average molecular weight is 1070 g/mol. The molecule has 0 aromatic heterocycles. The van der Waals surface area contributed by atoms with Crippen LogP contribution in [0.5, 0.6) is 23.0 Å². The number of ether oxygens (including phenoxy) is 4. The van der Waals surface area contributed by atoms with Crippen LogP contribution in [0.2, 0.25) is 0 Å². The van der Waals surface area contributed by atoms with Crippen LogP contribution < -0.4 is 18.9 Å². The molecule has 4 aromatic carbocycles. The van der Waals surface area contributed by atoms with E-state index in [2.05, 4.69) is 143 Å². The maximum atomic E-state index is 5.17. The zero-order chi connectivity index (χ0) is 58.0. The summed E-state index contributed by atoms with van der Waals surface area (Å²) in [5, 5.41) is 0. The van der Waals surface area contributed by atoms with E-state index < -0.39 is 0 Å². The molecule has 2 heterocycles. The molecule has 4 heteroatoms. The van der Waals surface area contributed by atoms with E-state index in [0.717, 1.165) is 71.2 Å². The molecule has 8 aliphatic rings. The van der Waals surface area contributed by atoms with E-state index in [4.69, 9.17) is 18.9 Å². The van der Waals surface area contributed by atoms with E-state index in [1.807, 2.05) is 92.7 Å². The summed E-state index contributed by atoms with van der Waals surface area (Å²) in [4.78, 5) is 0. The Morgan fingerprint density at radius 2 is 0.924 bits per heavy atom. The minimum absolute atomic E-state index is 0.352. The first-order valence-corrected chi connectivity index (χ1v) is 29.3. The number of hydrogen-bond donors (Lipinski definition) is 0. The molecule has 3 saturated carbocycles. The number of aryl methyl sites for hydroxylation is 4. The number of allylic oxidation sites excluding steroid dienone is 13. The second kappa shape index (κ2) is 38.1. The lowest BCUT2D eigenvalue weighted by Crippen LogP contribution is -2.02. The quantitative estimate of drug-likeness (QED) is 0.165. The second-order valence-electron chi connectivity index (χ2n) is 22.9. The fraction of sp³-hybridized carbons (Fsp3) is 0.413. The zero-order valence-corrected chi connectivity index (χ0v) is 51.0. The number of hydrogen-bond acceptors (Lipinski definition) is 4. The Balaban J connectivity index is 0.000000232. The number of fused-ring (bicyclic) bond motifs is 2. The van der Waals surface area contributed by atoms with E-state index >= 15 is 0 Å². The highest BCUT2D eigenvalue weighted by molar-refractivity contribution is 5.47. The van der Waals surface area contributed by atoms with Crippen molar-refractivity contribution in [1.82, 2.24) is 0 Å². The van der Waals surface area contributed by atoms with E-state index in [9.17, 15) is 0 Å². The third-order valence-electron chi connectivity index (χ3n) is 14.3. The molecule has 79 heavy (non-hydrogen) atoms. The van der Waals surface area contributed by atoms with Gasteiger partial charge in [0.05, 0.1) is 0 Å². The molecule has 426 valence electrons. The van der Waals surface area contributed by atoms with Crippen molar-refractivity contribution in [3.63, 3.8) is 0 Å². The molecule has 3 fully saturated rings. The van der Waals surface area contributed by atoms with Crippen molar-refractivity contribution in [3.05, 3.63) is 240 Å². The molecule has 0 radical (unpaired) electrons. The number of rotatable bonds is 0. The maximum absolute atomic E-state index is 5.17. The van der Waals surface area contributed by atoms with E-state index in [1.54, 1.807) is 0 Å². The van der Waals surface area contributed by atoms with Crippen molar-refractivity contribution < 1.29 is 18.9 Å². The van der Waals surface area contributed by atoms with Crippen molar-refractivity contribution in [2.75, 3.05) is 6.79 Å². The monoisotopic (exact) mass is 1070 g/mol. The van der Waals surface area contributed by atoms with Gasteiger partial charge in [-0.25, -0.2) is 0 Å². The second-order valence-corrected chi connectivity index (χ2v) is 22.9. The van der Waals surface area contributed by atoms with E-state index in [0.29, 0.717) is 12.7 Å². The van der Waals surface area contributed by atoms with Gasteiger partial charge in [-0.15, -0.1) is 0 Å². The van der Waals surface area contributed by atoms with Crippen LogP contribution in [-0.2, 0) is 0 Å². The molecule has 0 amide bonds. The summed E-state index contributed by atoms with van der Waals surface area (Å²) in [6.45, 7) is 44.8. The molecule has 1 atom stereocenters. The van der Waals surface area contributed by atoms with Gasteiger partial charge in [-0.1, -0.05) is 239 Å². The molecule has 4 aromatic rings. The van der Waals surface area contributed by atoms with Crippen LogP contribution in [0.1, 0.15) is 173 Å². The van der Waals surface area contributed by atoms with Crippen LogP contribution in [0.4, 0.5) is 0 Å². The predicted octanol–water partition coefficient (Wildman–Crippen LogP) is 22.7. The Kier molecular flexibility index (Phi) is 32.2. The SMILES string of the molecule is C=C1C=CC(C)=C1.C=C1CC=C(C)C1.C=C1CC=C(C)CC1.C=C1CCC(C)C1.C=C1CCC(C)CC1.C=C1Oc2ccc(C)cc2O1.CC1CCCCC1.Cc1ccc2c(c1)OCO2.Cc1ccccc1.Cc1ccccc1. The highest BCUT2D eigenvalue weighted by Gasteiger charge is 2.17. The van der Waals surface area contributed by atoms with Crippen LogP contribution in [-0.4, -0.2) is 6.79 Å². The summed E-state index contributed by atoms with van der Waals surface area (Å²) >= 11 is 0. The first-order valence-electron chi connectivity index (χ1n) is 29.3. The first-order chi connectivity index (χ1) is 37.7. The van der Waals surface area contributed by atoms with Gasteiger partial charge < -0.3 is 18.9 Å². The summed E-state index contributed by atoms with van der Waals surface area (Å²) in [6, 6.07) is 32.2. The molecule has 0 N–H and O–H groups in total. The highest BCUT2D eigenvalue weighted by Crippen LogP contribution is 2.36. The molecular weight excluding hydrogens is 965 g/mol. The zero-order valence-electron chi connectivity index (χ0n) is 51.0. The lowest BCUT2D eigenvalue weighted by atomic mass is 9.88. The van der Waals surface area contributed by atoms with Crippen molar-refractivity contribution in [2.45, 2.75) is 178 Å². The van der Waals surface area contributed by atoms with Crippen molar-refractivity contribution in [1.29, 1.82) is 0 Å². The van der Waals surface area contributed by atoms with Gasteiger partial charge in [0, 0.05) is 0 Å². The predicted molar refractivity (Wildman–Crippen MR) is 343 cm³/mol. The van der Waals surface area contributed by atoms with Gasteiger partial charge in [0.25, 0.3) is 5.95 Å². The molecule has 6 aliphatic carbocycles. The summed E-state index contributed by atoms with van der Waals surface area (Å²) in [5.41, 5.74) is 16.1. The average Bonchev–Trinajstić information content (AvgIpc) is 4.31. The Bertz CT molecular complexity index is 2580. The largest absolute Gasteiger partial charge is 0.454 e. The van der Waals surface area contributed by atoms with Gasteiger partial charge >= 0.3 is 0 Å². The summed E-state index contributed by atoms with van der Waals surface area (Å²) in [5.74, 6) is 6.49. The van der Waals surface area contributed by atoms with E-state index in [1.165, 1.54) is 146 Å². The fourth-order valence-electron chi connectivity index (χ4n) is 9.12. The molecule has 0 saturated heterocycles. The standard InChI is InChI=1S/C9H8O2.C8H8O2.C8H14.C8H12.C7H12.C7H10.C7H8.C7H14.2C7H8/c1-6-3-4-8-9(5-6)11-7(2)10-8;1-6-2-3-7-8(4-6)10-5-9-7;2*1-7-3-5-8(2)6-4-7;3*1-6-3-4-7(2)5-6;3*1-7-5-3-2-4-6-7/h3-5H,2H2,1H3;2-4H,5H2,1H3;8H,1,3-6H2,2H3;5H,1,3-4,6H2,2H3;7H,1,3-5H2,2H3;4H,1,3,5H2,2H3;3-5H,1H2,2H3;7H,2-6H2,1H3;2*2-6H,1H3. The fourth-order valence-corrected chi connectivity index (χ4v) is 9.12. The summed E-state index contributed by atoms with van der Waals surface area (Å²) in [7, 11) is 0. The van der Waals surface area contributed by atoms with Crippen LogP contribution in [0.25, 0.3) is 0 Å². The molecule has 4 nitrogen and oxygen atoms in total. The summed E-state index contributed by atoms with van der Waals surface area (Å²) < 4.78 is 20.6. The van der Waals surface area contributed by atoms with Crippen molar-refractivity contribution in [3.8, 4) is 23.0 Å². The minimum Gasteiger partial charge on any atom is -0.454 e. The van der Waals surface area contributed by atoms with Crippen molar-refractivity contribution >= 4 is 0 Å². The van der Waals surface area contributed by atoms with Crippen LogP contribution in [0.15, 0.2) is 217 Å². The third-order valence-corrected chi connectivity index (χ3v) is 14.3. The molecular formula is C75H102O4. The van der Waals surface area contributed by atoms with Crippen molar-refractivity contribution in [2.24, 2.45) is 17.8 Å². The molecule has 2 aliphatic heterocycles. The Morgan fingerprint density at radius 1 is 0.418 bits per heavy atom. The van der Waals surface area contributed by atoms with Crippen LogP contribution in [0.3, 0.4) is 0 Å². The normalized spacial score (nSPS) is 18.1. The summed E-state index contributed by atoms with van der Waals surface area (Å²) in [6.07, 6.45) is 33.1. The lowest BCUT2D eigenvalue weighted by Gasteiger charge is -2.18. The molecule has 12 rings (SSSR count). The Morgan fingerprint density at radius 3 is 1.29 bits per heavy atom. The Labute approximate surface area is 482 Å². The van der Waals surface area contributed by atoms with Gasteiger partial charge in [-0.3, -0.25) is 0 Å². The van der Waals surface area contributed by atoms with Gasteiger partial charge in [0.2, 0.25) is 6.79 Å². The van der Waals surface area contributed by atoms with E-state index in [-0.39, 0.29) is 0 Å². The Hall–Kier alpha value is -6.52. The van der Waals surface area contributed by atoms with Gasteiger partial charge in [0.1, 0.15) is 0 Å². The topological polar surface area (TPSA) is 36.9 Å². The number of benzene rings is 4. The minimum atomic E-state index is 0.352. The molecule has 1 unspecified atom stereocenters. The van der Waals surface area contributed by atoms with Gasteiger partial charge in [-0.2, -0.15) is 0 Å². The molecule has 0 bridgehead atoms. The third kappa shape index (κ3) is 31.6. The van der Waals surface area contributed by atoms with Crippen LogP contribution in [0, 0.1) is 45.4 Å². The highest BCUT2D eigenvalue weighted by atomic mass is 16.7. The van der Waals surface area contributed by atoms with Gasteiger partial charge in [-0.05, 0) is 191 Å². The smallest absolute Gasteiger partial charge is 0.282 e. The van der Waals surface area contributed by atoms with Gasteiger partial charge in [0.15, 0.2) is 23.0 Å².